The van der Waals surface area contributed by atoms with E-state index in [0.717, 1.165) is 25.9 Å². The lowest BCUT2D eigenvalue weighted by atomic mass is 9.99. The van der Waals surface area contributed by atoms with Gasteiger partial charge in [-0.1, -0.05) is 0 Å². The van der Waals surface area contributed by atoms with E-state index in [2.05, 4.69) is 15.3 Å². The van der Waals surface area contributed by atoms with Crippen molar-refractivity contribution < 1.29 is 13.9 Å². The molecule has 0 atom stereocenters. The molecule has 2 aromatic carbocycles. The van der Waals surface area contributed by atoms with Crippen LogP contribution in [0.2, 0.25) is 0 Å². The fourth-order valence-electron chi connectivity index (χ4n) is 3.26. The van der Waals surface area contributed by atoms with Crippen LogP contribution in [0.5, 0.6) is 17.4 Å². The first-order chi connectivity index (χ1) is 14.1. The summed E-state index contributed by atoms with van der Waals surface area (Å²) in [4.78, 5) is 8.84. The highest BCUT2D eigenvalue weighted by Gasteiger charge is 2.16. The van der Waals surface area contributed by atoms with E-state index in [9.17, 15) is 9.65 Å². The van der Waals surface area contributed by atoms with Gasteiger partial charge in [0.25, 0.3) is 0 Å². The molecular weight excluding hydrogens is 373 g/mol. The standard InChI is InChI=1S/C21H20FN5O2/c22-16-2-3-17(24)15(10-23)21(16)29-14-1-4-18-19(9-14)27-20(11-26-18)28-12-13-5-7-25-8-6-13/h1-4,9,11,13,25H,5-8,12,24H2. The molecule has 1 aromatic heterocycles. The number of nitrogens with one attached hydrogen (secondary N) is 1. The normalized spacial score (nSPS) is 14.5. The Morgan fingerprint density at radius 2 is 2.03 bits per heavy atom. The van der Waals surface area contributed by atoms with E-state index in [-0.39, 0.29) is 17.0 Å². The molecule has 0 radical (unpaired) electrons. The maximum atomic E-state index is 14.2. The fourth-order valence-corrected chi connectivity index (χ4v) is 3.26. The van der Waals surface area contributed by atoms with E-state index in [1.807, 2.05) is 6.07 Å². The molecule has 3 aromatic rings. The van der Waals surface area contributed by atoms with Crippen LogP contribution in [0, 0.1) is 23.1 Å². The molecule has 0 saturated carbocycles. The van der Waals surface area contributed by atoms with Crippen LogP contribution in [0.3, 0.4) is 0 Å². The van der Waals surface area contributed by atoms with Gasteiger partial charge in [-0.25, -0.2) is 14.4 Å². The highest BCUT2D eigenvalue weighted by molar-refractivity contribution is 5.76. The smallest absolute Gasteiger partial charge is 0.232 e. The van der Waals surface area contributed by atoms with E-state index >= 15 is 0 Å². The van der Waals surface area contributed by atoms with E-state index in [1.54, 1.807) is 24.4 Å². The Morgan fingerprint density at radius 1 is 1.21 bits per heavy atom. The monoisotopic (exact) mass is 393 g/mol. The average molecular weight is 393 g/mol. The van der Waals surface area contributed by atoms with Gasteiger partial charge in [-0.3, -0.25) is 0 Å². The number of fused-ring (bicyclic) bond motifs is 1. The summed E-state index contributed by atoms with van der Waals surface area (Å²) in [5.74, 6) is 0.378. The minimum Gasteiger partial charge on any atom is -0.476 e. The van der Waals surface area contributed by atoms with Crippen LogP contribution in [-0.2, 0) is 0 Å². The number of hydrogen-bond donors (Lipinski definition) is 2. The summed E-state index contributed by atoms with van der Waals surface area (Å²) in [6.45, 7) is 2.60. The molecule has 1 fully saturated rings. The molecular formula is C21H20FN5O2. The Bertz CT molecular complexity index is 1080. The quantitative estimate of drug-likeness (QED) is 0.640. The molecule has 0 unspecified atom stereocenters. The van der Waals surface area contributed by atoms with Crippen LogP contribution in [0.1, 0.15) is 18.4 Å². The van der Waals surface area contributed by atoms with Crippen molar-refractivity contribution in [3.05, 3.63) is 47.9 Å². The first kappa shape index (κ1) is 18.9. The summed E-state index contributed by atoms with van der Waals surface area (Å²) in [6.07, 6.45) is 3.74. The molecule has 0 spiro atoms. The number of nitrogens with zero attached hydrogens (tertiary/aromatic N) is 3. The van der Waals surface area contributed by atoms with Gasteiger partial charge in [0, 0.05) is 6.07 Å². The molecule has 8 heteroatoms. The number of ether oxygens (including phenoxy) is 2. The van der Waals surface area contributed by atoms with Gasteiger partial charge in [-0.15, -0.1) is 0 Å². The lowest BCUT2D eigenvalue weighted by Crippen LogP contribution is -2.30. The van der Waals surface area contributed by atoms with Crippen molar-refractivity contribution in [2.24, 2.45) is 5.92 Å². The molecule has 0 amide bonds. The molecule has 2 heterocycles. The van der Waals surface area contributed by atoms with Gasteiger partial charge >= 0.3 is 0 Å². The Hall–Kier alpha value is -3.44. The maximum absolute atomic E-state index is 14.2. The van der Waals surface area contributed by atoms with Crippen molar-refractivity contribution in [1.82, 2.24) is 15.3 Å². The summed E-state index contributed by atoms with van der Waals surface area (Å²) in [5, 5.41) is 12.6. The molecule has 4 rings (SSSR count). The van der Waals surface area contributed by atoms with Crippen LogP contribution in [0.25, 0.3) is 11.0 Å². The third-order valence-electron chi connectivity index (χ3n) is 4.89. The maximum Gasteiger partial charge on any atom is 0.232 e. The van der Waals surface area contributed by atoms with Gasteiger partial charge in [0.2, 0.25) is 5.88 Å². The Labute approximate surface area is 167 Å². The van der Waals surface area contributed by atoms with Gasteiger partial charge in [0.1, 0.15) is 17.4 Å². The summed E-state index contributed by atoms with van der Waals surface area (Å²) >= 11 is 0. The van der Waals surface area contributed by atoms with E-state index in [4.69, 9.17) is 15.2 Å². The predicted molar refractivity (Wildman–Crippen MR) is 106 cm³/mol. The van der Waals surface area contributed by atoms with E-state index in [1.165, 1.54) is 12.1 Å². The largest absolute Gasteiger partial charge is 0.476 e. The van der Waals surface area contributed by atoms with Crippen LogP contribution in [0.15, 0.2) is 36.5 Å². The zero-order valence-electron chi connectivity index (χ0n) is 15.7. The van der Waals surface area contributed by atoms with Crippen LogP contribution in [0.4, 0.5) is 10.1 Å². The fraction of sp³-hybridized carbons (Fsp3) is 0.286. The number of nitrogens with two attached hydrogens (primary N) is 1. The van der Waals surface area contributed by atoms with Gasteiger partial charge in [0.15, 0.2) is 11.6 Å². The van der Waals surface area contributed by atoms with Crippen molar-refractivity contribution in [2.45, 2.75) is 12.8 Å². The second-order valence-corrected chi connectivity index (χ2v) is 6.92. The third-order valence-corrected chi connectivity index (χ3v) is 4.89. The summed E-state index contributed by atoms with van der Waals surface area (Å²) in [7, 11) is 0. The number of nitriles is 1. The number of aromatic nitrogens is 2. The van der Waals surface area contributed by atoms with Gasteiger partial charge in [-0.05, 0) is 56.1 Å². The average Bonchev–Trinajstić information content (AvgIpc) is 2.75. The highest BCUT2D eigenvalue weighted by Crippen LogP contribution is 2.32. The number of halogens is 1. The lowest BCUT2D eigenvalue weighted by Gasteiger charge is -2.22. The molecule has 148 valence electrons. The number of hydrogen-bond acceptors (Lipinski definition) is 7. The summed E-state index contributed by atoms with van der Waals surface area (Å²) < 4.78 is 25.6. The molecule has 3 N–H and O–H groups in total. The molecule has 1 aliphatic rings. The van der Waals surface area contributed by atoms with Crippen molar-refractivity contribution in [3.8, 4) is 23.4 Å². The minimum atomic E-state index is -0.666. The zero-order valence-corrected chi connectivity index (χ0v) is 15.7. The number of piperidine rings is 1. The van der Waals surface area contributed by atoms with Gasteiger partial charge in [-0.2, -0.15) is 5.26 Å². The van der Waals surface area contributed by atoms with Crippen molar-refractivity contribution in [1.29, 1.82) is 5.26 Å². The van der Waals surface area contributed by atoms with E-state index in [0.29, 0.717) is 35.2 Å². The first-order valence-electron chi connectivity index (χ1n) is 9.40. The second-order valence-electron chi connectivity index (χ2n) is 6.92. The van der Waals surface area contributed by atoms with Gasteiger partial charge < -0.3 is 20.5 Å². The van der Waals surface area contributed by atoms with Crippen LogP contribution >= 0.6 is 0 Å². The zero-order chi connectivity index (χ0) is 20.2. The second kappa shape index (κ2) is 8.29. The Kier molecular flexibility index (Phi) is 5.40. The molecule has 1 aliphatic heterocycles. The SMILES string of the molecule is N#Cc1c(N)ccc(F)c1Oc1ccc2ncc(OCC3CCNCC3)nc2c1. The summed E-state index contributed by atoms with van der Waals surface area (Å²) in [6, 6.07) is 9.35. The van der Waals surface area contributed by atoms with Gasteiger partial charge in [0.05, 0.1) is 29.5 Å². The topological polar surface area (TPSA) is 106 Å². The first-order valence-corrected chi connectivity index (χ1v) is 9.40. The molecule has 29 heavy (non-hydrogen) atoms. The van der Waals surface area contributed by atoms with Crippen molar-refractivity contribution in [2.75, 3.05) is 25.4 Å². The minimum absolute atomic E-state index is 0.0461. The molecule has 0 aliphatic carbocycles. The van der Waals surface area contributed by atoms with Crippen LogP contribution in [-0.4, -0.2) is 29.7 Å². The van der Waals surface area contributed by atoms with Crippen molar-refractivity contribution in [3.63, 3.8) is 0 Å². The number of anilines is 1. The molecule has 7 nitrogen and oxygen atoms in total. The Morgan fingerprint density at radius 3 is 2.83 bits per heavy atom. The predicted octanol–water partition coefficient (Wildman–Crippen LogP) is 3.39. The number of nitrogen functional groups attached to an aromatic ring is 1. The highest BCUT2D eigenvalue weighted by atomic mass is 19.1. The molecule has 0 bridgehead atoms. The molecule has 1 saturated heterocycles. The summed E-state index contributed by atoms with van der Waals surface area (Å²) in [5.41, 5.74) is 7.05. The van der Waals surface area contributed by atoms with Crippen LogP contribution < -0.4 is 20.5 Å². The lowest BCUT2D eigenvalue weighted by molar-refractivity contribution is 0.209. The number of rotatable bonds is 5. The number of benzene rings is 2. The van der Waals surface area contributed by atoms with E-state index < -0.39 is 5.82 Å². The van der Waals surface area contributed by atoms with Crippen molar-refractivity contribution >= 4 is 16.7 Å². The Balaban J connectivity index is 1.56. The third kappa shape index (κ3) is 4.20.